The number of amides is 2. The van der Waals surface area contributed by atoms with Crippen molar-refractivity contribution in [3.05, 3.63) is 77.4 Å². The first kappa shape index (κ1) is 28.7. The van der Waals surface area contributed by atoms with Crippen molar-refractivity contribution in [3.63, 3.8) is 0 Å². The molecule has 0 unspecified atom stereocenters. The van der Waals surface area contributed by atoms with E-state index in [-0.39, 0.29) is 18.4 Å². The number of rotatable bonds is 9. The van der Waals surface area contributed by atoms with Crippen molar-refractivity contribution in [2.45, 2.75) is 13.8 Å². The van der Waals surface area contributed by atoms with Gasteiger partial charge < -0.3 is 34.6 Å². The maximum Gasteiger partial charge on any atom is 0.338 e. The van der Waals surface area contributed by atoms with E-state index >= 15 is 0 Å². The molecule has 0 bridgehead atoms. The number of benzene rings is 3. The Morgan fingerprint density at radius 2 is 1.64 bits per heavy atom. The van der Waals surface area contributed by atoms with Gasteiger partial charge in [0.25, 0.3) is 5.91 Å². The highest BCUT2D eigenvalue weighted by atomic mass is 16.6. The lowest BCUT2D eigenvalue weighted by molar-refractivity contribution is -0.116. The second kappa shape index (κ2) is 12.4. The van der Waals surface area contributed by atoms with Crippen LogP contribution in [0.4, 0.5) is 17.1 Å². The van der Waals surface area contributed by atoms with Crippen molar-refractivity contribution in [1.29, 1.82) is 0 Å². The molecule has 0 fully saturated rings. The molecule has 10 heteroatoms. The van der Waals surface area contributed by atoms with E-state index in [1.165, 1.54) is 0 Å². The van der Waals surface area contributed by atoms with Gasteiger partial charge in [-0.3, -0.25) is 9.59 Å². The Morgan fingerprint density at radius 1 is 0.929 bits per heavy atom. The van der Waals surface area contributed by atoms with Crippen LogP contribution >= 0.6 is 0 Å². The lowest BCUT2D eigenvalue weighted by Crippen LogP contribution is -2.35. The molecule has 3 aromatic carbocycles. The van der Waals surface area contributed by atoms with Crippen LogP contribution in [-0.4, -0.2) is 69.7 Å². The molecule has 2 amide bonds. The highest BCUT2D eigenvalue weighted by Gasteiger charge is 2.30. The number of carbonyl (C=O) groups excluding carboxylic acids is 3. The van der Waals surface area contributed by atoms with Gasteiger partial charge >= 0.3 is 5.97 Å². The fraction of sp³-hybridized carbons (Fsp3) is 0.281. The van der Waals surface area contributed by atoms with Gasteiger partial charge in [0.15, 0.2) is 11.5 Å². The molecule has 2 heterocycles. The highest BCUT2D eigenvalue weighted by molar-refractivity contribution is 6.37. The number of hydrogen-bond donors (Lipinski definition) is 2. The van der Waals surface area contributed by atoms with Crippen molar-refractivity contribution in [2.24, 2.45) is 0 Å². The lowest BCUT2D eigenvalue weighted by atomic mass is 9.98. The smallest absolute Gasteiger partial charge is 0.338 e. The molecule has 10 nitrogen and oxygen atoms in total. The minimum atomic E-state index is -0.456. The predicted molar refractivity (Wildman–Crippen MR) is 162 cm³/mol. The molecule has 2 N–H and O–H groups in total. The Hall–Kier alpha value is -4.83. The third-order valence-corrected chi connectivity index (χ3v) is 6.96. The quantitative estimate of drug-likeness (QED) is 0.286. The van der Waals surface area contributed by atoms with Crippen LogP contribution in [0.5, 0.6) is 11.5 Å². The van der Waals surface area contributed by atoms with Gasteiger partial charge in [0, 0.05) is 42.5 Å². The summed E-state index contributed by atoms with van der Waals surface area (Å²) in [5.74, 6) is 0.409. The number of likely N-dealkylation sites (N-methyl/N-ethyl adjacent to an activating group) is 1. The summed E-state index contributed by atoms with van der Waals surface area (Å²) in [6.45, 7) is 5.73. The molecule has 0 radical (unpaired) electrons. The maximum atomic E-state index is 13.4. The first-order valence-electron chi connectivity index (χ1n) is 13.8. The molecule has 0 saturated carbocycles. The summed E-state index contributed by atoms with van der Waals surface area (Å²) >= 11 is 0. The lowest BCUT2D eigenvalue weighted by Gasteiger charge is -2.24. The van der Waals surface area contributed by atoms with Crippen LogP contribution in [0.15, 0.2) is 60.7 Å². The van der Waals surface area contributed by atoms with E-state index in [1.54, 1.807) is 36.9 Å². The first-order chi connectivity index (χ1) is 20.2. The fourth-order valence-corrected chi connectivity index (χ4v) is 4.88. The zero-order chi connectivity index (χ0) is 29.8. The Kier molecular flexibility index (Phi) is 8.44. The van der Waals surface area contributed by atoms with E-state index in [0.29, 0.717) is 64.9 Å². The Labute approximate surface area is 244 Å². The van der Waals surface area contributed by atoms with Crippen LogP contribution in [0, 0.1) is 0 Å². The number of fused-ring (bicyclic) bond motifs is 2. The van der Waals surface area contributed by atoms with E-state index in [9.17, 15) is 14.4 Å². The standard InChI is InChI=1S/C32H34N4O6/c1-5-40-32(39)22-6-12-25-26(18-22)34-31(38)29(25)30(21-7-13-27-28(19-21)42-17-16-41-27)33-23-8-10-24(11-9-23)36(20(2)37)15-14-35(3)4/h6-13,18-19,33H,5,14-17H2,1-4H3,(H,34,38). The Morgan fingerprint density at radius 3 is 2.33 bits per heavy atom. The molecule has 0 atom stereocenters. The normalized spacial score (nSPS) is 14.6. The summed E-state index contributed by atoms with van der Waals surface area (Å²) < 4.78 is 16.7. The van der Waals surface area contributed by atoms with Crippen molar-refractivity contribution in [2.75, 3.05) is 62.5 Å². The fourth-order valence-electron chi connectivity index (χ4n) is 4.88. The molecule has 0 aliphatic carbocycles. The third-order valence-electron chi connectivity index (χ3n) is 6.96. The van der Waals surface area contributed by atoms with Crippen molar-refractivity contribution in [3.8, 4) is 11.5 Å². The molecule has 3 aromatic rings. The molecule has 5 rings (SSSR count). The number of ether oxygens (including phenoxy) is 3. The van der Waals surface area contributed by atoms with E-state index in [0.717, 1.165) is 17.9 Å². The van der Waals surface area contributed by atoms with Crippen molar-refractivity contribution < 1.29 is 28.6 Å². The van der Waals surface area contributed by atoms with E-state index in [4.69, 9.17) is 14.2 Å². The van der Waals surface area contributed by atoms with Gasteiger partial charge in [-0.2, -0.15) is 0 Å². The number of esters is 1. The van der Waals surface area contributed by atoms with Crippen LogP contribution in [0.25, 0.3) is 11.3 Å². The predicted octanol–water partition coefficient (Wildman–Crippen LogP) is 4.48. The Balaban J connectivity index is 1.55. The van der Waals surface area contributed by atoms with E-state index < -0.39 is 5.97 Å². The van der Waals surface area contributed by atoms with Gasteiger partial charge in [-0.1, -0.05) is 6.07 Å². The van der Waals surface area contributed by atoms with Gasteiger partial charge in [0.05, 0.1) is 29.1 Å². The topological polar surface area (TPSA) is 109 Å². The number of nitrogens with zero attached hydrogens (tertiary/aromatic N) is 2. The van der Waals surface area contributed by atoms with Crippen LogP contribution < -0.4 is 25.0 Å². The molecule has 2 aliphatic rings. The monoisotopic (exact) mass is 570 g/mol. The molecule has 2 aliphatic heterocycles. The average Bonchev–Trinajstić information content (AvgIpc) is 3.30. The number of anilines is 3. The van der Waals surface area contributed by atoms with Gasteiger partial charge in [-0.25, -0.2) is 4.79 Å². The van der Waals surface area contributed by atoms with Crippen molar-refractivity contribution >= 4 is 46.1 Å². The first-order valence-corrected chi connectivity index (χ1v) is 13.8. The van der Waals surface area contributed by atoms with E-state index in [1.807, 2.05) is 61.5 Å². The summed E-state index contributed by atoms with van der Waals surface area (Å²) in [6.07, 6.45) is 0. The van der Waals surface area contributed by atoms with Gasteiger partial charge in [-0.15, -0.1) is 0 Å². The summed E-state index contributed by atoms with van der Waals surface area (Å²) in [5.41, 5.74) is 4.70. The minimum Gasteiger partial charge on any atom is -0.486 e. The third kappa shape index (κ3) is 6.08. The SMILES string of the molecule is CCOC(=O)c1ccc2c(c1)NC(=O)C2=C(Nc1ccc(N(CCN(C)C)C(C)=O)cc1)c1ccc2c(c1)OCCO2. The second-order valence-corrected chi connectivity index (χ2v) is 10.2. The summed E-state index contributed by atoms with van der Waals surface area (Å²) in [5, 5.41) is 6.33. The molecule has 0 aromatic heterocycles. The summed E-state index contributed by atoms with van der Waals surface area (Å²) in [4.78, 5) is 41.9. The maximum absolute atomic E-state index is 13.4. The largest absolute Gasteiger partial charge is 0.486 e. The summed E-state index contributed by atoms with van der Waals surface area (Å²) in [7, 11) is 3.93. The average molecular weight is 571 g/mol. The Bertz CT molecular complexity index is 1550. The van der Waals surface area contributed by atoms with Crippen LogP contribution in [0.3, 0.4) is 0 Å². The highest BCUT2D eigenvalue weighted by Crippen LogP contribution is 2.40. The van der Waals surface area contributed by atoms with Crippen LogP contribution in [0.1, 0.15) is 35.3 Å². The molecule has 0 saturated heterocycles. The zero-order valence-electron chi connectivity index (χ0n) is 24.2. The molecular weight excluding hydrogens is 536 g/mol. The molecule has 0 spiro atoms. The molecule has 42 heavy (non-hydrogen) atoms. The molecule has 218 valence electrons. The number of carbonyl (C=O) groups is 3. The summed E-state index contributed by atoms with van der Waals surface area (Å²) in [6, 6.07) is 18.0. The zero-order valence-corrected chi connectivity index (χ0v) is 24.2. The molecular formula is C32H34N4O6. The van der Waals surface area contributed by atoms with Crippen LogP contribution in [-0.2, 0) is 14.3 Å². The van der Waals surface area contributed by atoms with E-state index in [2.05, 4.69) is 10.6 Å². The number of nitrogens with one attached hydrogen (secondary N) is 2. The van der Waals surface area contributed by atoms with Gasteiger partial charge in [0.1, 0.15) is 13.2 Å². The van der Waals surface area contributed by atoms with Gasteiger partial charge in [0.2, 0.25) is 5.91 Å². The van der Waals surface area contributed by atoms with Gasteiger partial charge in [-0.05, 0) is 75.6 Å². The minimum absolute atomic E-state index is 0.0435. The number of hydrogen-bond acceptors (Lipinski definition) is 8. The van der Waals surface area contributed by atoms with Crippen LogP contribution in [0.2, 0.25) is 0 Å². The second-order valence-electron chi connectivity index (χ2n) is 10.2. The van der Waals surface area contributed by atoms with Crippen molar-refractivity contribution in [1.82, 2.24) is 4.90 Å².